The second kappa shape index (κ2) is 7.43. The summed E-state index contributed by atoms with van der Waals surface area (Å²) in [6.45, 7) is 0.674. The number of methoxy groups -OCH3 is 1. The van der Waals surface area contributed by atoms with Crippen molar-refractivity contribution < 1.29 is 9.53 Å². The first-order valence-electron chi connectivity index (χ1n) is 6.28. The SMILES string of the molecule is COc1cc(CNC(=O)c2sccc2C#CCN)ccn1. The molecule has 0 aliphatic heterocycles. The lowest BCUT2D eigenvalue weighted by Gasteiger charge is -2.05. The third-order valence-corrected chi connectivity index (χ3v) is 3.57. The van der Waals surface area contributed by atoms with Gasteiger partial charge < -0.3 is 15.8 Å². The van der Waals surface area contributed by atoms with Crippen LogP contribution in [0.2, 0.25) is 0 Å². The predicted molar refractivity (Wildman–Crippen MR) is 82.2 cm³/mol. The van der Waals surface area contributed by atoms with E-state index in [9.17, 15) is 4.79 Å². The minimum atomic E-state index is -0.151. The molecular weight excluding hydrogens is 286 g/mol. The highest BCUT2D eigenvalue weighted by molar-refractivity contribution is 7.12. The molecule has 0 aromatic carbocycles. The van der Waals surface area contributed by atoms with Crippen LogP contribution in [0.3, 0.4) is 0 Å². The van der Waals surface area contributed by atoms with Crippen LogP contribution in [0.25, 0.3) is 0 Å². The van der Waals surface area contributed by atoms with Crippen LogP contribution in [0.5, 0.6) is 5.88 Å². The van der Waals surface area contributed by atoms with Gasteiger partial charge in [-0.3, -0.25) is 4.79 Å². The highest BCUT2D eigenvalue weighted by Gasteiger charge is 2.11. The number of amides is 1. The number of nitrogens with two attached hydrogens (primary N) is 1. The van der Waals surface area contributed by atoms with Gasteiger partial charge in [-0.15, -0.1) is 11.3 Å². The molecule has 2 rings (SSSR count). The van der Waals surface area contributed by atoms with Crippen LogP contribution in [-0.2, 0) is 6.54 Å². The van der Waals surface area contributed by atoms with Crippen molar-refractivity contribution in [3.63, 3.8) is 0 Å². The smallest absolute Gasteiger partial charge is 0.262 e. The molecule has 2 heterocycles. The van der Waals surface area contributed by atoms with Crippen molar-refractivity contribution in [3.8, 4) is 17.7 Å². The first-order valence-corrected chi connectivity index (χ1v) is 7.16. The number of aromatic nitrogens is 1. The number of nitrogens with one attached hydrogen (secondary N) is 1. The maximum absolute atomic E-state index is 12.2. The van der Waals surface area contributed by atoms with E-state index in [2.05, 4.69) is 22.1 Å². The molecule has 108 valence electrons. The molecule has 0 spiro atoms. The first kappa shape index (κ1) is 15.0. The Morgan fingerprint density at radius 2 is 2.38 bits per heavy atom. The van der Waals surface area contributed by atoms with Gasteiger partial charge in [0.05, 0.1) is 13.7 Å². The summed E-state index contributed by atoms with van der Waals surface area (Å²) in [6, 6.07) is 5.42. The normalized spacial score (nSPS) is 9.62. The number of hydrogen-bond acceptors (Lipinski definition) is 5. The van der Waals surface area contributed by atoms with Crippen molar-refractivity contribution in [3.05, 3.63) is 45.8 Å². The Morgan fingerprint density at radius 1 is 1.52 bits per heavy atom. The highest BCUT2D eigenvalue weighted by Crippen LogP contribution is 2.16. The van der Waals surface area contributed by atoms with E-state index in [0.29, 0.717) is 22.9 Å². The summed E-state index contributed by atoms with van der Waals surface area (Å²) in [5.74, 6) is 6.02. The van der Waals surface area contributed by atoms with E-state index >= 15 is 0 Å². The summed E-state index contributed by atoms with van der Waals surface area (Å²) in [7, 11) is 1.55. The summed E-state index contributed by atoms with van der Waals surface area (Å²) in [4.78, 5) is 16.8. The van der Waals surface area contributed by atoms with Gasteiger partial charge in [-0.05, 0) is 23.1 Å². The average molecular weight is 301 g/mol. The van der Waals surface area contributed by atoms with E-state index in [4.69, 9.17) is 10.5 Å². The van der Waals surface area contributed by atoms with Crippen LogP contribution in [0.1, 0.15) is 20.8 Å². The van der Waals surface area contributed by atoms with Crippen LogP contribution in [0.15, 0.2) is 29.8 Å². The Balaban J connectivity index is 2.03. The van der Waals surface area contributed by atoms with Gasteiger partial charge in [0, 0.05) is 24.4 Å². The van der Waals surface area contributed by atoms with Gasteiger partial charge in [-0.25, -0.2) is 4.98 Å². The lowest BCUT2D eigenvalue weighted by molar-refractivity contribution is 0.0954. The van der Waals surface area contributed by atoms with Gasteiger partial charge in [0.2, 0.25) is 5.88 Å². The zero-order chi connectivity index (χ0) is 15.1. The van der Waals surface area contributed by atoms with E-state index in [0.717, 1.165) is 5.56 Å². The molecule has 0 fully saturated rings. The van der Waals surface area contributed by atoms with Crippen molar-refractivity contribution in [1.82, 2.24) is 10.3 Å². The van der Waals surface area contributed by atoms with E-state index in [1.807, 2.05) is 17.5 Å². The standard InChI is InChI=1S/C15H15N3O2S/c1-20-13-9-11(4-7-17-13)10-18-15(19)14-12(3-2-6-16)5-8-21-14/h4-5,7-9H,6,10,16H2,1H3,(H,18,19). The molecular formula is C15H15N3O2S. The number of thiophene rings is 1. The molecule has 0 atom stereocenters. The Morgan fingerprint density at radius 3 is 3.14 bits per heavy atom. The largest absolute Gasteiger partial charge is 0.481 e. The number of hydrogen-bond donors (Lipinski definition) is 2. The molecule has 2 aromatic rings. The number of nitrogens with zero attached hydrogens (tertiary/aromatic N) is 1. The third-order valence-electron chi connectivity index (χ3n) is 2.66. The molecule has 2 aromatic heterocycles. The Labute approximate surface area is 127 Å². The molecule has 0 aliphatic rings. The molecule has 21 heavy (non-hydrogen) atoms. The zero-order valence-electron chi connectivity index (χ0n) is 11.6. The van der Waals surface area contributed by atoms with Crippen molar-refractivity contribution in [2.24, 2.45) is 5.73 Å². The summed E-state index contributed by atoms with van der Waals surface area (Å²) < 4.78 is 5.05. The monoisotopic (exact) mass is 301 g/mol. The van der Waals surface area contributed by atoms with E-state index < -0.39 is 0 Å². The minimum Gasteiger partial charge on any atom is -0.481 e. The third kappa shape index (κ3) is 4.05. The number of ether oxygens (including phenoxy) is 1. The summed E-state index contributed by atoms with van der Waals surface area (Å²) >= 11 is 1.36. The molecule has 0 radical (unpaired) electrons. The second-order valence-electron chi connectivity index (χ2n) is 4.06. The molecule has 1 amide bonds. The van der Waals surface area contributed by atoms with Crippen molar-refractivity contribution >= 4 is 17.2 Å². The van der Waals surface area contributed by atoms with E-state index in [1.54, 1.807) is 19.4 Å². The van der Waals surface area contributed by atoms with E-state index in [1.165, 1.54) is 11.3 Å². The highest BCUT2D eigenvalue weighted by atomic mass is 32.1. The number of carbonyl (C=O) groups excluding carboxylic acids is 1. The quantitative estimate of drug-likeness (QED) is 0.837. The van der Waals surface area contributed by atoms with Crippen LogP contribution >= 0.6 is 11.3 Å². The average Bonchev–Trinajstić information content (AvgIpc) is 2.99. The maximum Gasteiger partial charge on any atom is 0.262 e. The molecule has 6 heteroatoms. The van der Waals surface area contributed by atoms with Gasteiger partial charge in [0.25, 0.3) is 5.91 Å². The molecule has 0 aliphatic carbocycles. The Bertz CT molecular complexity index is 685. The van der Waals surface area contributed by atoms with Gasteiger partial charge in [0.1, 0.15) is 4.88 Å². The molecule has 0 saturated carbocycles. The summed E-state index contributed by atoms with van der Waals surface area (Å²) in [5, 5.41) is 4.70. The molecule has 3 N–H and O–H groups in total. The van der Waals surface area contributed by atoms with Crippen molar-refractivity contribution in [2.45, 2.75) is 6.54 Å². The van der Waals surface area contributed by atoms with E-state index in [-0.39, 0.29) is 12.5 Å². The summed E-state index contributed by atoms with van der Waals surface area (Å²) in [5.41, 5.74) is 6.97. The zero-order valence-corrected chi connectivity index (χ0v) is 12.4. The lowest BCUT2D eigenvalue weighted by Crippen LogP contribution is -2.22. The number of pyridine rings is 1. The lowest BCUT2D eigenvalue weighted by atomic mass is 10.2. The topological polar surface area (TPSA) is 77.2 Å². The Hall–Kier alpha value is -2.36. The molecule has 5 nitrogen and oxygen atoms in total. The molecule has 0 saturated heterocycles. The van der Waals surface area contributed by atoms with Crippen LogP contribution in [0.4, 0.5) is 0 Å². The first-order chi connectivity index (χ1) is 10.2. The number of carbonyl (C=O) groups is 1. The second-order valence-corrected chi connectivity index (χ2v) is 4.97. The van der Waals surface area contributed by atoms with Gasteiger partial charge in [-0.1, -0.05) is 11.8 Å². The van der Waals surface area contributed by atoms with Crippen LogP contribution in [-0.4, -0.2) is 24.5 Å². The molecule has 0 bridgehead atoms. The predicted octanol–water partition coefficient (Wildman–Crippen LogP) is 1.39. The number of rotatable bonds is 4. The Kier molecular flexibility index (Phi) is 5.32. The van der Waals surface area contributed by atoms with Crippen molar-refractivity contribution in [2.75, 3.05) is 13.7 Å². The fraction of sp³-hybridized carbons (Fsp3) is 0.200. The maximum atomic E-state index is 12.2. The summed E-state index contributed by atoms with van der Waals surface area (Å²) in [6.07, 6.45) is 1.64. The minimum absolute atomic E-state index is 0.151. The van der Waals surface area contributed by atoms with Crippen molar-refractivity contribution in [1.29, 1.82) is 0 Å². The van der Waals surface area contributed by atoms with Gasteiger partial charge in [0.15, 0.2) is 0 Å². The van der Waals surface area contributed by atoms with Gasteiger partial charge in [-0.2, -0.15) is 0 Å². The molecule has 0 unspecified atom stereocenters. The van der Waals surface area contributed by atoms with Crippen LogP contribution in [0, 0.1) is 11.8 Å². The van der Waals surface area contributed by atoms with Crippen LogP contribution < -0.4 is 15.8 Å². The fourth-order valence-corrected chi connectivity index (χ4v) is 2.43. The van der Waals surface area contributed by atoms with Gasteiger partial charge >= 0.3 is 0 Å². The fourth-order valence-electron chi connectivity index (χ4n) is 1.66.